The molecule has 0 unspecified atom stereocenters. The summed E-state index contributed by atoms with van der Waals surface area (Å²) in [7, 11) is 3.89. The summed E-state index contributed by atoms with van der Waals surface area (Å²) in [6, 6.07) is 16.4. The second-order valence-corrected chi connectivity index (χ2v) is 4.87. The smallest absolute Gasteiger partial charge is 0.134 e. The van der Waals surface area contributed by atoms with Gasteiger partial charge in [0.15, 0.2) is 0 Å². The molecule has 96 valence electrons. The lowest BCUT2D eigenvalue weighted by Gasteiger charge is -2.19. The topological polar surface area (TPSA) is 21.1 Å². The molecule has 0 bridgehead atoms. The highest BCUT2D eigenvalue weighted by Gasteiger charge is 2.09. The average Bonchev–Trinajstić information content (AvgIpc) is 2.74. The lowest BCUT2D eigenvalue weighted by molar-refractivity contribution is 0.780. The van der Waals surface area contributed by atoms with Gasteiger partial charge < -0.3 is 4.90 Å². The van der Waals surface area contributed by atoms with Crippen molar-refractivity contribution >= 4 is 33.9 Å². The first kappa shape index (κ1) is 12.1. The van der Waals surface area contributed by atoms with Gasteiger partial charge in [-0.1, -0.05) is 29.8 Å². The van der Waals surface area contributed by atoms with Crippen molar-refractivity contribution in [3.05, 3.63) is 53.7 Å². The maximum absolute atomic E-state index is 6.18. The van der Waals surface area contributed by atoms with Gasteiger partial charge in [0.05, 0.1) is 5.52 Å². The van der Waals surface area contributed by atoms with Crippen LogP contribution in [-0.2, 0) is 7.05 Å². The lowest BCUT2D eigenvalue weighted by Crippen LogP contribution is -2.08. The fourth-order valence-electron chi connectivity index (χ4n) is 2.17. The molecule has 0 atom stereocenters. The number of hydrogen-bond acceptors (Lipinski definition) is 2. The molecule has 0 radical (unpaired) electrons. The molecule has 0 fully saturated rings. The zero-order chi connectivity index (χ0) is 13.4. The molecule has 3 rings (SSSR count). The van der Waals surface area contributed by atoms with E-state index in [4.69, 9.17) is 11.6 Å². The molecule has 0 saturated heterocycles. The van der Waals surface area contributed by atoms with Crippen molar-refractivity contribution in [2.75, 3.05) is 11.9 Å². The molecular formula is C15H14ClN3. The predicted molar refractivity (Wildman–Crippen MR) is 80.2 cm³/mol. The van der Waals surface area contributed by atoms with E-state index >= 15 is 0 Å². The Labute approximate surface area is 117 Å². The number of aromatic nitrogens is 2. The van der Waals surface area contributed by atoms with Gasteiger partial charge in [0.1, 0.15) is 5.15 Å². The number of anilines is 2. The fraction of sp³-hybridized carbons (Fsp3) is 0.133. The van der Waals surface area contributed by atoms with Crippen LogP contribution >= 0.6 is 11.6 Å². The third kappa shape index (κ3) is 2.06. The first-order valence-corrected chi connectivity index (χ1v) is 6.45. The van der Waals surface area contributed by atoms with Crippen LogP contribution < -0.4 is 4.90 Å². The highest BCUT2D eigenvalue weighted by atomic mass is 35.5. The van der Waals surface area contributed by atoms with Gasteiger partial charge >= 0.3 is 0 Å². The Kier molecular flexibility index (Phi) is 2.91. The Morgan fingerprint density at radius 1 is 1.05 bits per heavy atom. The minimum Gasteiger partial charge on any atom is -0.345 e. The normalized spacial score (nSPS) is 10.9. The minimum atomic E-state index is 0.670. The first-order chi connectivity index (χ1) is 9.16. The molecule has 0 N–H and O–H groups in total. The van der Waals surface area contributed by atoms with E-state index in [1.807, 2.05) is 44.4 Å². The van der Waals surface area contributed by atoms with E-state index in [0.717, 1.165) is 22.3 Å². The van der Waals surface area contributed by atoms with Gasteiger partial charge in [-0.3, -0.25) is 4.68 Å². The van der Waals surface area contributed by atoms with E-state index < -0.39 is 0 Å². The summed E-state index contributed by atoms with van der Waals surface area (Å²) < 4.78 is 1.69. The van der Waals surface area contributed by atoms with E-state index in [1.165, 1.54) is 0 Å². The number of benzene rings is 2. The van der Waals surface area contributed by atoms with Crippen LogP contribution in [0.5, 0.6) is 0 Å². The highest BCUT2D eigenvalue weighted by Crippen LogP contribution is 2.29. The van der Waals surface area contributed by atoms with Crippen LogP contribution in [0.1, 0.15) is 0 Å². The SMILES string of the molecule is CN(c1ccccc1)c1ccc2c(Cl)n(C)nc2c1. The van der Waals surface area contributed by atoms with Crippen LogP contribution in [0, 0.1) is 0 Å². The maximum atomic E-state index is 6.18. The van der Waals surface area contributed by atoms with Crippen molar-refractivity contribution in [3.63, 3.8) is 0 Å². The zero-order valence-electron chi connectivity index (χ0n) is 10.8. The summed E-state index contributed by atoms with van der Waals surface area (Å²) in [4.78, 5) is 2.13. The fourth-order valence-corrected chi connectivity index (χ4v) is 2.36. The van der Waals surface area contributed by atoms with Crippen LogP contribution in [0.2, 0.25) is 5.15 Å². The molecule has 0 spiro atoms. The minimum absolute atomic E-state index is 0.670. The van der Waals surface area contributed by atoms with Crippen LogP contribution in [0.15, 0.2) is 48.5 Å². The number of nitrogens with zero attached hydrogens (tertiary/aromatic N) is 3. The first-order valence-electron chi connectivity index (χ1n) is 6.08. The Hall–Kier alpha value is -2.00. The van der Waals surface area contributed by atoms with Crippen LogP contribution in [0.3, 0.4) is 0 Å². The second-order valence-electron chi connectivity index (χ2n) is 4.51. The van der Waals surface area contributed by atoms with E-state index in [1.54, 1.807) is 4.68 Å². The van der Waals surface area contributed by atoms with Crippen molar-refractivity contribution in [2.24, 2.45) is 7.05 Å². The van der Waals surface area contributed by atoms with Crippen LogP contribution in [-0.4, -0.2) is 16.8 Å². The Morgan fingerprint density at radius 2 is 1.79 bits per heavy atom. The zero-order valence-corrected chi connectivity index (χ0v) is 11.6. The Bertz CT molecular complexity index is 719. The number of fused-ring (bicyclic) bond motifs is 1. The van der Waals surface area contributed by atoms with Crippen molar-refractivity contribution in [1.29, 1.82) is 0 Å². The molecule has 3 nitrogen and oxygen atoms in total. The monoisotopic (exact) mass is 271 g/mol. The molecular weight excluding hydrogens is 258 g/mol. The molecule has 0 aliphatic carbocycles. The van der Waals surface area contributed by atoms with Crippen LogP contribution in [0.25, 0.3) is 10.9 Å². The largest absolute Gasteiger partial charge is 0.345 e. The summed E-state index contributed by atoms with van der Waals surface area (Å²) in [5.74, 6) is 0. The van der Waals surface area contributed by atoms with Crippen LogP contribution in [0.4, 0.5) is 11.4 Å². The molecule has 19 heavy (non-hydrogen) atoms. The number of rotatable bonds is 2. The molecule has 0 aliphatic heterocycles. The van der Waals surface area contributed by atoms with Crippen molar-refractivity contribution in [3.8, 4) is 0 Å². The van der Waals surface area contributed by atoms with Gasteiger partial charge in [-0.15, -0.1) is 0 Å². The summed E-state index contributed by atoms with van der Waals surface area (Å²) in [6.45, 7) is 0. The molecule has 0 amide bonds. The number of hydrogen-bond donors (Lipinski definition) is 0. The van der Waals surface area contributed by atoms with Gasteiger partial charge in [-0.2, -0.15) is 5.10 Å². The van der Waals surface area contributed by atoms with Crippen molar-refractivity contribution in [2.45, 2.75) is 0 Å². The van der Waals surface area contributed by atoms with E-state index in [2.05, 4.69) is 28.2 Å². The van der Waals surface area contributed by atoms with E-state index in [0.29, 0.717) is 5.15 Å². The Morgan fingerprint density at radius 3 is 2.53 bits per heavy atom. The molecule has 0 aliphatic rings. The average molecular weight is 272 g/mol. The van der Waals surface area contributed by atoms with Crippen molar-refractivity contribution < 1.29 is 0 Å². The summed E-state index contributed by atoms with van der Waals surface area (Å²) in [6.07, 6.45) is 0. The standard InChI is InChI=1S/C15H14ClN3/c1-18(11-6-4-3-5-7-11)12-8-9-13-14(10-12)17-19(2)15(13)16/h3-10H,1-2H3. The van der Waals surface area contributed by atoms with E-state index in [9.17, 15) is 0 Å². The third-order valence-corrected chi connectivity index (χ3v) is 3.72. The molecule has 0 saturated carbocycles. The number of aryl methyl sites for hydroxylation is 1. The lowest BCUT2D eigenvalue weighted by atomic mass is 10.2. The summed E-state index contributed by atoms with van der Waals surface area (Å²) in [5, 5.41) is 6.06. The maximum Gasteiger partial charge on any atom is 0.134 e. The molecule has 4 heteroatoms. The summed E-state index contributed by atoms with van der Waals surface area (Å²) >= 11 is 6.18. The Balaban J connectivity index is 2.06. The molecule has 3 aromatic rings. The molecule has 2 aromatic carbocycles. The molecule has 1 heterocycles. The van der Waals surface area contributed by atoms with Gasteiger partial charge in [-0.25, -0.2) is 0 Å². The quantitative estimate of drug-likeness (QED) is 0.703. The molecule has 1 aromatic heterocycles. The van der Waals surface area contributed by atoms with Gasteiger partial charge in [-0.05, 0) is 30.3 Å². The van der Waals surface area contributed by atoms with Crippen molar-refractivity contribution in [1.82, 2.24) is 9.78 Å². The highest BCUT2D eigenvalue weighted by molar-refractivity contribution is 6.34. The third-order valence-electron chi connectivity index (χ3n) is 3.28. The van der Waals surface area contributed by atoms with Gasteiger partial charge in [0.2, 0.25) is 0 Å². The summed E-state index contributed by atoms with van der Waals surface area (Å²) in [5.41, 5.74) is 3.14. The number of halogens is 1. The second kappa shape index (κ2) is 4.59. The predicted octanol–water partition coefficient (Wildman–Crippen LogP) is 3.99. The van der Waals surface area contributed by atoms with Gasteiger partial charge in [0.25, 0.3) is 0 Å². The van der Waals surface area contributed by atoms with E-state index in [-0.39, 0.29) is 0 Å². The number of para-hydroxylation sites is 1. The van der Waals surface area contributed by atoms with Gasteiger partial charge in [0, 0.05) is 30.9 Å².